The third-order valence-electron chi connectivity index (χ3n) is 8.59. The molecule has 1 aromatic carbocycles. The molecular weight excluding hydrogens is 659 g/mol. The fourth-order valence-electron chi connectivity index (χ4n) is 6.49. The Labute approximate surface area is 277 Å². The minimum absolute atomic E-state index is 0.00172. The zero-order valence-electron chi connectivity index (χ0n) is 27.4. The number of benzene rings is 1. The lowest BCUT2D eigenvalue weighted by molar-refractivity contribution is 0.0217. The molecule has 3 saturated heterocycles. The largest absolute Gasteiger partial charge is 0.474 e. The van der Waals surface area contributed by atoms with E-state index in [0.717, 1.165) is 19.4 Å². The number of allylic oxidation sites excluding steroid dienone is 1. The molecule has 2 aromatic rings. The van der Waals surface area contributed by atoms with Gasteiger partial charge in [0.15, 0.2) is 5.82 Å². The highest BCUT2D eigenvalue weighted by Gasteiger charge is 2.59. The van der Waals surface area contributed by atoms with Gasteiger partial charge in [-0.2, -0.15) is 5.26 Å². The lowest BCUT2D eigenvalue weighted by Crippen LogP contribution is -2.58. The highest BCUT2D eigenvalue weighted by atomic mass is 79.9. The minimum Gasteiger partial charge on any atom is -0.474 e. The van der Waals surface area contributed by atoms with Crippen LogP contribution in [0.4, 0.5) is 25.4 Å². The van der Waals surface area contributed by atoms with E-state index in [1.165, 1.54) is 17.1 Å². The Balaban J connectivity index is 1.68. The van der Waals surface area contributed by atoms with Gasteiger partial charge in [0.1, 0.15) is 29.0 Å². The lowest BCUT2D eigenvalue weighted by atomic mass is 9.78. The number of likely N-dealkylation sites (tertiary alicyclic amines) is 1. The van der Waals surface area contributed by atoms with Crippen molar-refractivity contribution in [3.05, 3.63) is 28.0 Å². The summed E-state index contributed by atoms with van der Waals surface area (Å²) >= 11 is 3.32. The van der Waals surface area contributed by atoms with Crippen molar-refractivity contribution in [2.75, 3.05) is 37.4 Å². The summed E-state index contributed by atoms with van der Waals surface area (Å²) in [4.78, 5) is 37.3. The lowest BCUT2D eigenvalue weighted by Gasteiger charge is -2.44. The van der Waals surface area contributed by atoms with Crippen molar-refractivity contribution in [2.45, 2.75) is 90.1 Å². The van der Waals surface area contributed by atoms with E-state index in [1.54, 1.807) is 52.5 Å². The SMILES string of the molecule is CN1CCC[C@H]1COc1nc2c(F)c(Br)c(/C=C/C#N)cc2c(N(C(=O)OC(C)(C)C)C2C3CC2N(C(=O)OC(C)(C)C)C3)c1N. The van der Waals surface area contributed by atoms with Gasteiger partial charge in [-0.1, -0.05) is 0 Å². The van der Waals surface area contributed by atoms with Crippen LogP contribution in [0.2, 0.25) is 0 Å². The van der Waals surface area contributed by atoms with Gasteiger partial charge < -0.3 is 29.7 Å². The standard InChI is InChI=1S/C33H42BrFN6O5/c1-32(2,3)45-30(42)40-16-19-15-22(40)27(19)41(31(43)46-33(4,5)6)28-21-14-18(10-8-12-36)23(34)24(35)26(21)38-29(25(28)37)44-17-20-11-9-13-39(20)7/h8,10,14,19-20,22,27H,9,11,13,15-17,37H2,1-7H3/b10-8+/t19?,20-,22?,27?/m0/s1. The van der Waals surface area contributed by atoms with E-state index in [9.17, 15) is 14.9 Å². The van der Waals surface area contributed by atoms with Gasteiger partial charge in [0.2, 0.25) is 5.88 Å². The van der Waals surface area contributed by atoms with Gasteiger partial charge >= 0.3 is 12.2 Å². The predicted octanol–water partition coefficient (Wildman–Crippen LogP) is 6.48. The number of carbonyl (C=O) groups is 2. The number of nitrogens with zero attached hydrogens (tertiary/aromatic N) is 5. The average molecular weight is 702 g/mol. The van der Waals surface area contributed by atoms with Gasteiger partial charge in [0.25, 0.3) is 0 Å². The topological polar surface area (TPSA) is 134 Å². The van der Waals surface area contributed by atoms with E-state index < -0.39 is 35.2 Å². The van der Waals surface area contributed by atoms with E-state index in [-0.39, 0.29) is 57.2 Å². The first kappa shape index (κ1) is 33.7. The van der Waals surface area contributed by atoms with Crippen molar-refractivity contribution in [3.63, 3.8) is 0 Å². The maximum absolute atomic E-state index is 16.2. The fraction of sp³-hybridized carbons (Fsp3) is 0.576. The second kappa shape index (κ2) is 12.5. The third kappa shape index (κ3) is 6.60. The van der Waals surface area contributed by atoms with E-state index in [1.807, 2.05) is 13.1 Å². The first-order valence-corrected chi connectivity index (χ1v) is 16.3. The second-order valence-corrected chi connectivity index (χ2v) is 15.0. The molecule has 46 heavy (non-hydrogen) atoms. The van der Waals surface area contributed by atoms with Crippen LogP contribution >= 0.6 is 15.9 Å². The van der Waals surface area contributed by atoms with Crippen molar-refractivity contribution in [1.29, 1.82) is 5.26 Å². The summed E-state index contributed by atoms with van der Waals surface area (Å²) in [6.07, 6.45) is 4.14. The van der Waals surface area contributed by atoms with Gasteiger partial charge in [0.05, 0.1) is 28.3 Å². The molecule has 1 saturated carbocycles. The molecule has 2 amide bonds. The van der Waals surface area contributed by atoms with Crippen LogP contribution in [0.25, 0.3) is 17.0 Å². The molecule has 4 fully saturated rings. The number of hydrogen-bond donors (Lipinski definition) is 1. The molecule has 6 rings (SSSR count). The molecule has 0 spiro atoms. The summed E-state index contributed by atoms with van der Waals surface area (Å²) < 4.78 is 34.1. The number of nitriles is 1. The number of aromatic nitrogens is 1. The second-order valence-electron chi connectivity index (χ2n) is 14.3. The molecule has 1 aliphatic carbocycles. The molecule has 3 aliphatic heterocycles. The Bertz CT molecular complexity index is 1610. The number of pyridine rings is 1. The van der Waals surface area contributed by atoms with Crippen LogP contribution in [-0.4, -0.2) is 83.0 Å². The third-order valence-corrected chi connectivity index (χ3v) is 9.40. The summed E-state index contributed by atoms with van der Waals surface area (Å²) in [6.45, 7) is 12.3. The summed E-state index contributed by atoms with van der Waals surface area (Å²) in [6, 6.07) is 2.77. The fourth-order valence-corrected chi connectivity index (χ4v) is 6.93. The molecule has 1 aromatic heterocycles. The summed E-state index contributed by atoms with van der Waals surface area (Å²) in [7, 11) is 2.02. The average Bonchev–Trinajstić information content (AvgIpc) is 3.66. The normalized spacial score (nSPS) is 23.0. The molecule has 0 radical (unpaired) electrons. The number of likely N-dealkylation sites (N-methyl/N-ethyl adjacent to an activating group) is 1. The maximum atomic E-state index is 16.2. The highest BCUT2D eigenvalue weighted by molar-refractivity contribution is 9.10. The zero-order valence-corrected chi connectivity index (χ0v) is 29.0. The predicted molar refractivity (Wildman–Crippen MR) is 177 cm³/mol. The number of ether oxygens (including phenoxy) is 3. The number of carbonyl (C=O) groups excluding carboxylic acids is 2. The number of nitrogens with two attached hydrogens (primary N) is 1. The number of halogens is 2. The van der Waals surface area contributed by atoms with Crippen LogP contribution in [0.5, 0.6) is 5.88 Å². The van der Waals surface area contributed by atoms with E-state index in [2.05, 4.69) is 25.8 Å². The summed E-state index contributed by atoms with van der Waals surface area (Å²) in [5.74, 6) is -0.809. The van der Waals surface area contributed by atoms with Crippen molar-refractivity contribution in [2.24, 2.45) is 5.92 Å². The van der Waals surface area contributed by atoms with Crippen LogP contribution in [0.3, 0.4) is 0 Å². The molecular formula is C33H42BrFN6O5. The van der Waals surface area contributed by atoms with Crippen LogP contribution in [0.15, 0.2) is 16.6 Å². The van der Waals surface area contributed by atoms with Crippen molar-refractivity contribution >= 4 is 56.5 Å². The van der Waals surface area contributed by atoms with Crippen molar-refractivity contribution in [1.82, 2.24) is 14.8 Å². The van der Waals surface area contributed by atoms with E-state index in [0.29, 0.717) is 18.5 Å². The molecule has 2 N–H and O–H groups in total. The number of amides is 2. The molecule has 4 aliphatic rings. The highest BCUT2D eigenvalue weighted by Crippen LogP contribution is 2.50. The quantitative estimate of drug-likeness (QED) is 0.336. The first-order chi connectivity index (χ1) is 21.5. The molecule has 11 nitrogen and oxygen atoms in total. The zero-order chi connectivity index (χ0) is 33.7. The Hall–Kier alpha value is -3.63. The van der Waals surface area contributed by atoms with Gasteiger partial charge in [-0.3, -0.25) is 4.90 Å². The summed E-state index contributed by atoms with van der Waals surface area (Å²) in [5, 5.41) is 9.42. The number of rotatable bonds is 6. The van der Waals surface area contributed by atoms with Gasteiger partial charge in [-0.25, -0.2) is 19.0 Å². The van der Waals surface area contributed by atoms with E-state index >= 15 is 4.39 Å². The first-order valence-electron chi connectivity index (χ1n) is 15.5. The molecule has 2 bridgehead atoms. The molecule has 4 heterocycles. The summed E-state index contributed by atoms with van der Waals surface area (Å²) in [5.41, 5.74) is 5.79. The van der Waals surface area contributed by atoms with Crippen molar-refractivity contribution < 1.29 is 28.2 Å². The maximum Gasteiger partial charge on any atom is 0.415 e. The number of nitrogen functional groups attached to an aromatic ring is 1. The number of fused-ring (bicyclic) bond motifs is 2. The van der Waals surface area contributed by atoms with Crippen molar-refractivity contribution in [3.8, 4) is 11.9 Å². The van der Waals surface area contributed by atoms with Crippen LogP contribution < -0.4 is 15.4 Å². The Morgan fingerprint density at radius 3 is 2.54 bits per heavy atom. The Morgan fingerprint density at radius 1 is 1.24 bits per heavy atom. The minimum atomic E-state index is -0.873. The Kier molecular flexibility index (Phi) is 9.18. The van der Waals surface area contributed by atoms with E-state index in [4.69, 9.17) is 19.9 Å². The van der Waals surface area contributed by atoms with Crippen LogP contribution in [-0.2, 0) is 9.47 Å². The van der Waals surface area contributed by atoms with Gasteiger partial charge in [-0.05, 0) is 108 Å². The van der Waals surface area contributed by atoms with Crippen LogP contribution in [0.1, 0.15) is 66.4 Å². The number of anilines is 2. The number of hydrogen-bond acceptors (Lipinski definition) is 9. The molecule has 4 atom stereocenters. The van der Waals surface area contributed by atoms with Crippen LogP contribution in [0, 0.1) is 23.1 Å². The monoisotopic (exact) mass is 700 g/mol. The molecule has 248 valence electrons. The molecule has 13 heteroatoms. The van der Waals surface area contributed by atoms with Gasteiger partial charge in [-0.15, -0.1) is 0 Å². The smallest absolute Gasteiger partial charge is 0.415 e. The van der Waals surface area contributed by atoms with Gasteiger partial charge in [0, 0.05) is 30.0 Å². The molecule has 3 unspecified atom stereocenters. The Morgan fingerprint density at radius 2 is 1.93 bits per heavy atom.